The first kappa shape index (κ1) is 16.2. The summed E-state index contributed by atoms with van der Waals surface area (Å²) in [5.74, 6) is 0. The Morgan fingerprint density at radius 1 is 1.42 bits per heavy atom. The van der Waals surface area contributed by atoms with Crippen LogP contribution in [0.4, 0.5) is 4.79 Å². The van der Waals surface area contributed by atoms with E-state index in [0.717, 1.165) is 0 Å². The van der Waals surface area contributed by atoms with Crippen LogP contribution in [0.1, 0.15) is 48.0 Å². The second kappa shape index (κ2) is 5.29. The van der Waals surface area contributed by atoms with E-state index in [9.17, 15) is 9.90 Å². The Kier molecular flexibility index (Phi) is 4.52. The highest BCUT2D eigenvalue weighted by Crippen LogP contribution is 2.50. The summed E-state index contributed by atoms with van der Waals surface area (Å²) in [4.78, 5) is 11.6. The van der Waals surface area contributed by atoms with Gasteiger partial charge in [-0.25, -0.2) is 4.79 Å². The van der Waals surface area contributed by atoms with Crippen LogP contribution in [0, 0.1) is 5.41 Å². The van der Waals surface area contributed by atoms with Gasteiger partial charge in [0.2, 0.25) is 0 Å². The first-order chi connectivity index (χ1) is 8.52. The zero-order valence-electron chi connectivity index (χ0n) is 12.9. The molecule has 2 unspecified atom stereocenters. The maximum atomic E-state index is 11.6. The number of rotatable bonds is 4. The predicted octanol–water partition coefficient (Wildman–Crippen LogP) is 2.08. The monoisotopic (exact) mass is 273 g/mol. The molecule has 1 fully saturated rings. The Balaban J connectivity index is 2.48. The zero-order valence-corrected chi connectivity index (χ0v) is 12.9. The molecule has 2 N–H and O–H groups in total. The summed E-state index contributed by atoms with van der Waals surface area (Å²) in [7, 11) is 0. The van der Waals surface area contributed by atoms with Crippen molar-refractivity contribution >= 4 is 6.09 Å². The third-order valence-electron chi connectivity index (χ3n) is 3.82. The molecule has 1 rings (SSSR count). The molecule has 0 aromatic carbocycles. The standard InChI is InChI=1S/C14H27NO4/c1-7-18-10-8-14(17,13(10,5)6)9-15-11(16)19-12(2,3)4/h10,17H,7-9H2,1-6H3,(H,15,16). The second-order valence-electron chi connectivity index (χ2n) is 6.76. The molecule has 112 valence electrons. The van der Waals surface area contributed by atoms with Gasteiger partial charge in [0.1, 0.15) is 5.60 Å². The van der Waals surface area contributed by atoms with E-state index in [-0.39, 0.29) is 18.1 Å². The van der Waals surface area contributed by atoms with Crippen molar-refractivity contribution in [2.24, 2.45) is 5.41 Å². The molecule has 0 aromatic heterocycles. The smallest absolute Gasteiger partial charge is 0.407 e. The quantitative estimate of drug-likeness (QED) is 0.823. The summed E-state index contributed by atoms with van der Waals surface area (Å²) in [6.45, 7) is 12.1. The van der Waals surface area contributed by atoms with Gasteiger partial charge in [-0.1, -0.05) is 13.8 Å². The molecule has 1 aliphatic rings. The molecule has 0 heterocycles. The maximum Gasteiger partial charge on any atom is 0.407 e. The molecule has 0 aromatic rings. The minimum absolute atomic E-state index is 0.0305. The van der Waals surface area contributed by atoms with Crippen molar-refractivity contribution in [1.29, 1.82) is 0 Å². The average Bonchev–Trinajstić information content (AvgIpc) is 2.24. The van der Waals surface area contributed by atoms with E-state index in [1.807, 2.05) is 20.8 Å². The first-order valence-electron chi connectivity index (χ1n) is 6.83. The minimum atomic E-state index is -0.941. The molecule has 5 heteroatoms. The van der Waals surface area contributed by atoms with Crippen molar-refractivity contribution in [2.75, 3.05) is 13.2 Å². The average molecular weight is 273 g/mol. The van der Waals surface area contributed by atoms with Crippen LogP contribution in [0.3, 0.4) is 0 Å². The lowest BCUT2D eigenvalue weighted by molar-refractivity contribution is -0.237. The van der Waals surface area contributed by atoms with E-state index in [4.69, 9.17) is 9.47 Å². The number of aliphatic hydroxyl groups is 1. The fourth-order valence-corrected chi connectivity index (χ4v) is 2.29. The van der Waals surface area contributed by atoms with Crippen LogP contribution in [-0.2, 0) is 9.47 Å². The SMILES string of the molecule is CCOC1CC(O)(CNC(=O)OC(C)(C)C)C1(C)C. The molecule has 0 spiro atoms. The van der Waals surface area contributed by atoms with Crippen LogP contribution in [-0.4, -0.2) is 41.7 Å². The Hall–Kier alpha value is -0.810. The van der Waals surface area contributed by atoms with Gasteiger partial charge in [0.15, 0.2) is 0 Å². The van der Waals surface area contributed by atoms with Crippen molar-refractivity contribution < 1.29 is 19.4 Å². The number of alkyl carbamates (subject to hydrolysis) is 1. The van der Waals surface area contributed by atoms with Gasteiger partial charge in [-0.3, -0.25) is 0 Å². The molecule has 0 saturated heterocycles. The number of nitrogens with one attached hydrogen (secondary N) is 1. The summed E-state index contributed by atoms with van der Waals surface area (Å²) < 4.78 is 10.7. The van der Waals surface area contributed by atoms with E-state index < -0.39 is 17.3 Å². The van der Waals surface area contributed by atoms with Gasteiger partial charge in [0.25, 0.3) is 0 Å². The third kappa shape index (κ3) is 3.60. The van der Waals surface area contributed by atoms with E-state index in [0.29, 0.717) is 13.0 Å². The summed E-state index contributed by atoms with van der Waals surface area (Å²) in [6, 6.07) is 0. The van der Waals surface area contributed by atoms with Gasteiger partial charge >= 0.3 is 6.09 Å². The van der Waals surface area contributed by atoms with Gasteiger partial charge in [-0.05, 0) is 27.7 Å². The molecular weight excluding hydrogens is 246 g/mol. The fraction of sp³-hybridized carbons (Fsp3) is 0.929. The molecule has 0 radical (unpaired) electrons. The van der Waals surface area contributed by atoms with Crippen molar-refractivity contribution in [3.8, 4) is 0 Å². The normalized spacial score (nSPS) is 29.5. The molecule has 5 nitrogen and oxygen atoms in total. The van der Waals surface area contributed by atoms with Crippen molar-refractivity contribution in [2.45, 2.75) is 65.3 Å². The van der Waals surface area contributed by atoms with Crippen LogP contribution in [0.5, 0.6) is 0 Å². The van der Waals surface area contributed by atoms with Crippen LogP contribution in [0.25, 0.3) is 0 Å². The van der Waals surface area contributed by atoms with E-state index >= 15 is 0 Å². The van der Waals surface area contributed by atoms with Gasteiger partial charge in [0, 0.05) is 18.4 Å². The molecular formula is C14H27NO4. The van der Waals surface area contributed by atoms with Crippen molar-refractivity contribution in [3.05, 3.63) is 0 Å². The van der Waals surface area contributed by atoms with Crippen molar-refractivity contribution in [1.82, 2.24) is 5.32 Å². The van der Waals surface area contributed by atoms with E-state index in [1.54, 1.807) is 20.8 Å². The predicted molar refractivity (Wildman–Crippen MR) is 73.0 cm³/mol. The fourth-order valence-electron chi connectivity index (χ4n) is 2.29. The first-order valence-corrected chi connectivity index (χ1v) is 6.83. The summed E-state index contributed by atoms with van der Waals surface area (Å²) in [5.41, 5.74) is -1.85. The summed E-state index contributed by atoms with van der Waals surface area (Å²) >= 11 is 0. The van der Waals surface area contributed by atoms with Crippen LogP contribution < -0.4 is 5.32 Å². The summed E-state index contributed by atoms with van der Waals surface area (Å²) in [6.07, 6.45) is 0.0587. The lowest BCUT2D eigenvalue weighted by atomic mass is 9.56. The van der Waals surface area contributed by atoms with Gasteiger partial charge in [-0.2, -0.15) is 0 Å². The molecule has 0 aliphatic heterocycles. The Labute approximate surface area is 115 Å². The highest BCUT2D eigenvalue weighted by molar-refractivity contribution is 5.67. The Bertz CT molecular complexity index is 335. The maximum absolute atomic E-state index is 11.6. The molecule has 0 bridgehead atoms. The van der Waals surface area contributed by atoms with Crippen LogP contribution in [0.2, 0.25) is 0 Å². The lowest BCUT2D eigenvalue weighted by Crippen LogP contribution is -2.68. The summed E-state index contributed by atoms with van der Waals surface area (Å²) in [5, 5.41) is 13.2. The number of carbonyl (C=O) groups excluding carboxylic acids is 1. The molecule has 19 heavy (non-hydrogen) atoms. The zero-order chi connectivity index (χ0) is 14.9. The highest BCUT2D eigenvalue weighted by atomic mass is 16.6. The third-order valence-corrected chi connectivity index (χ3v) is 3.82. The van der Waals surface area contributed by atoms with Gasteiger partial charge in [-0.15, -0.1) is 0 Å². The van der Waals surface area contributed by atoms with E-state index in [2.05, 4.69) is 5.32 Å². The molecule has 1 aliphatic carbocycles. The number of amides is 1. The minimum Gasteiger partial charge on any atom is -0.444 e. The van der Waals surface area contributed by atoms with Gasteiger partial charge < -0.3 is 19.9 Å². The topological polar surface area (TPSA) is 67.8 Å². The number of carbonyl (C=O) groups is 1. The number of hydrogen-bond donors (Lipinski definition) is 2. The molecule has 1 amide bonds. The molecule has 2 atom stereocenters. The Morgan fingerprint density at radius 3 is 2.42 bits per heavy atom. The number of ether oxygens (including phenoxy) is 2. The van der Waals surface area contributed by atoms with Gasteiger partial charge in [0.05, 0.1) is 18.2 Å². The van der Waals surface area contributed by atoms with Crippen LogP contribution in [0.15, 0.2) is 0 Å². The Morgan fingerprint density at radius 2 is 2.00 bits per heavy atom. The van der Waals surface area contributed by atoms with E-state index in [1.165, 1.54) is 0 Å². The number of hydrogen-bond acceptors (Lipinski definition) is 4. The molecule has 1 saturated carbocycles. The lowest BCUT2D eigenvalue weighted by Gasteiger charge is -2.57. The largest absolute Gasteiger partial charge is 0.444 e. The second-order valence-corrected chi connectivity index (χ2v) is 6.76. The highest BCUT2D eigenvalue weighted by Gasteiger charge is 2.60. The van der Waals surface area contributed by atoms with Crippen molar-refractivity contribution in [3.63, 3.8) is 0 Å². The van der Waals surface area contributed by atoms with Crippen LogP contribution >= 0.6 is 0 Å².